The molecule has 0 N–H and O–H groups in total. The standard InChI is InChI=1S/C72H129NO8/c1-6-8-10-12-14-16-18-20-22-24-25-26-27-28-29-30-31-32-33-34-35-36-37-38-39-40-41-42-43-44-45-47-49-51-53-55-57-59-61-63-70(75)81-68(67-80-72(71(76)77)78-65-64-73(3,4)5)66-79-69(74)62-60-58-56-54-52-50-48-46-23-21-19-17-15-13-11-9-7-2/h8,10,14-17,20-23,25-26,68,72H,6-7,9,11-13,18-19,24,27-67H2,1-5H3/b10-8-,16-14-,17-15-,22-20-,23-21-,26-25-. The summed E-state index contributed by atoms with van der Waals surface area (Å²) in [7, 11) is 5.93. The van der Waals surface area contributed by atoms with E-state index >= 15 is 0 Å². The molecule has 0 spiro atoms. The van der Waals surface area contributed by atoms with Crippen molar-refractivity contribution in [3.05, 3.63) is 72.9 Å². The molecule has 0 heterocycles. The van der Waals surface area contributed by atoms with E-state index in [2.05, 4.69) is 86.8 Å². The Morgan fingerprint density at radius 1 is 0.383 bits per heavy atom. The lowest BCUT2D eigenvalue weighted by molar-refractivity contribution is -0.870. The molecule has 0 aliphatic heterocycles. The van der Waals surface area contributed by atoms with Gasteiger partial charge >= 0.3 is 11.9 Å². The maximum absolute atomic E-state index is 12.9. The molecule has 2 unspecified atom stereocenters. The Morgan fingerprint density at radius 3 is 1.05 bits per heavy atom. The first-order valence-electron chi connectivity index (χ1n) is 34.1. The maximum Gasteiger partial charge on any atom is 0.306 e. The van der Waals surface area contributed by atoms with E-state index in [1.165, 1.54) is 199 Å². The van der Waals surface area contributed by atoms with Crippen LogP contribution >= 0.6 is 0 Å². The fourth-order valence-corrected chi connectivity index (χ4v) is 9.74. The Bertz CT molecular complexity index is 1560. The average molecular weight is 1140 g/mol. The van der Waals surface area contributed by atoms with Gasteiger partial charge in [0, 0.05) is 12.8 Å². The largest absolute Gasteiger partial charge is 0.545 e. The first-order chi connectivity index (χ1) is 39.6. The van der Waals surface area contributed by atoms with E-state index in [9.17, 15) is 19.5 Å². The average Bonchev–Trinajstić information content (AvgIpc) is 3.44. The van der Waals surface area contributed by atoms with E-state index in [0.717, 1.165) is 77.0 Å². The van der Waals surface area contributed by atoms with Gasteiger partial charge in [-0.1, -0.05) is 286 Å². The molecule has 0 aliphatic carbocycles. The minimum Gasteiger partial charge on any atom is -0.545 e. The molecule has 0 rings (SSSR count). The summed E-state index contributed by atoms with van der Waals surface area (Å²) in [4.78, 5) is 37.4. The summed E-state index contributed by atoms with van der Waals surface area (Å²) >= 11 is 0. The number of aliphatic carboxylic acids is 1. The van der Waals surface area contributed by atoms with Gasteiger partial charge in [-0.3, -0.25) is 9.59 Å². The number of quaternary nitrogens is 1. The number of carboxylic acids is 1. The van der Waals surface area contributed by atoms with Gasteiger partial charge in [-0.05, 0) is 83.5 Å². The lowest BCUT2D eigenvalue weighted by Gasteiger charge is -2.26. The molecule has 0 bridgehead atoms. The van der Waals surface area contributed by atoms with Crippen LogP contribution in [-0.2, 0) is 33.3 Å². The molecule has 0 aromatic carbocycles. The van der Waals surface area contributed by atoms with Gasteiger partial charge in [0.05, 0.1) is 40.3 Å². The number of allylic oxidation sites excluding steroid dienone is 12. The summed E-state index contributed by atoms with van der Waals surface area (Å²) in [6.07, 6.45) is 80.0. The number of esters is 2. The molecule has 0 aromatic rings. The van der Waals surface area contributed by atoms with Crippen molar-refractivity contribution in [3.63, 3.8) is 0 Å². The highest BCUT2D eigenvalue weighted by Crippen LogP contribution is 2.18. The minimum absolute atomic E-state index is 0.147. The van der Waals surface area contributed by atoms with Gasteiger partial charge in [0.15, 0.2) is 12.4 Å². The van der Waals surface area contributed by atoms with Crippen LogP contribution in [0.3, 0.4) is 0 Å². The normalized spacial score (nSPS) is 13.1. The molecule has 0 aromatic heterocycles. The van der Waals surface area contributed by atoms with Crippen LogP contribution in [-0.4, -0.2) is 82.3 Å². The van der Waals surface area contributed by atoms with Crippen molar-refractivity contribution in [2.75, 3.05) is 47.5 Å². The minimum atomic E-state index is -1.62. The number of hydrogen-bond acceptors (Lipinski definition) is 8. The third-order valence-electron chi connectivity index (χ3n) is 14.9. The number of likely N-dealkylation sites (N-methyl/N-ethyl adjacent to an activating group) is 1. The summed E-state index contributed by atoms with van der Waals surface area (Å²) in [5, 5.41) is 11.8. The Labute approximate surface area is 500 Å². The van der Waals surface area contributed by atoms with Gasteiger partial charge in [0.2, 0.25) is 0 Å². The number of rotatable bonds is 63. The van der Waals surface area contributed by atoms with Gasteiger partial charge in [-0.2, -0.15) is 0 Å². The van der Waals surface area contributed by atoms with E-state index in [4.69, 9.17) is 18.9 Å². The van der Waals surface area contributed by atoms with E-state index < -0.39 is 24.3 Å². The first kappa shape index (κ1) is 77.7. The van der Waals surface area contributed by atoms with Crippen LogP contribution in [0.2, 0.25) is 0 Å². The van der Waals surface area contributed by atoms with Crippen molar-refractivity contribution in [1.82, 2.24) is 0 Å². The van der Waals surface area contributed by atoms with Crippen LogP contribution in [0, 0.1) is 0 Å². The molecule has 2 atom stereocenters. The zero-order valence-electron chi connectivity index (χ0n) is 53.7. The number of unbranched alkanes of at least 4 members (excludes halogenated alkanes) is 36. The molecule has 9 nitrogen and oxygen atoms in total. The van der Waals surface area contributed by atoms with Crippen molar-refractivity contribution in [2.45, 2.75) is 322 Å². The zero-order valence-corrected chi connectivity index (χ0v) is 53.7. The zero-order chi connectivity index (χ0) is 59.1. The third-order valence-corrected chi connectivity index (χ3v) is 14.9. The topological polar surface area (TPSA) is 111 Å². The summed E-state index contributed by atoms with van der Waals surface area (Å²) in [5.41, 5.74) is 0. The molecular formula is C72H129NO8. The monoisotopic (exact) mass is 1140 g/mol. The quantitative estimate of drug-likeness (QED) is 0.0195. The maximum atomic E-state index is 12.9. The van der Waals surface area contributed by atoms with E-state index in [-0.39, 0.29) is 38.6 Å². The highest BCUT2D eigenvalue weighted by atomic mass is 16.7. The lowest BCUT2D eigenvalue weighted by Crippen LogP contribution is -2.44. The third kappa shape index (κ3) is 64.1. The number of carbonyl (C=O) groups excluding carboxylic acids is 3. The molecule has 9 heteroatoms. The molecule has 0 radical (unpaired) electrons. The molecule has 0 amide bonds. The van der Waals surface area contributed by atoms with Crippen molar-refractivity contribution < 1.29 is 42.9 Å². The Kier molecular flexibility index (Phi) is 60.2. The van der Waals surface area contributed by atoms with Crippen LogP contribution in [0.1, 0.15) is 309 Å². The van der Waals surface area contributed by atoms with Gasteiger partial charge in [-0.15, -0.1) is 0 Å². The van der Waals surface area contributed by atoms with E-state index in [1.807, 2.05) is 21.1 Å². The smallest absolute Gasteiger partial charge is 0.306 e. The van der Waals surface area contributed by atoms with Gasteiger partial charge in [0.25, 0.3) is 0 Å². The Hall–Kier alpha value is -3.27. The molecule has 81 heavy (non-hydrogen) atoms. The number of carboxylic acid groups (broad SMARTS) is 1. The van der Waals surface area contributed by atoms with E-state index in [1.54, 1.807) is 0 Å². The molecular weight excluding hydrogens is 1010 g/mol. The van der Waals surface area contributed by atoms with Crippen LogP contribution < -0.4 is 5.11 Å². The first-order valence-corrected chi connectivity index (χ1v) is 34.1. The molecule has 0 saturated heterocycles. The highest BCUT2D eigenvalue weighted by Gasteiger charge is 2.22. The van der Waals surface area contributed by atoms with Crippen molar-refractivity contribution in [3.8, 4) is 0 Å². The summed E-state index contributed by atoms with van der Waals surface area (Å²) < 4.78 is 22.8. The Morgan fingerprint density at radius 2 is 0.704 bits per heavy atom. The van der Waals surface area contributed by atoms with Crippen molar-refractivity contribution in [2.24, 2.45) is 0 Å². The molecule has 0 saturated carbocycles. The lowest BCUT2D eigenvalue weighted by atomic mass is 10.0. The fourth-order valence-electron chi connectivity index (χ4n) is 9.74. The van der Waals surface area contributed by atoms with Crippen molar-refractivity contribution >= 4 is 17.9 Å². The van der Waals surface area contributed by atoms with E-state index in [0.29, 0.717) is 17.4 Å². The SMILES string of the molecule is CC/C=C\C/C=C\C/C=C\C/C=C\CCCCCCCCCCCCCCCCCCCCCCCCCCCCC(=O)OC(COC(=O)CCCCCCCCC/C=C\C/C=C\CCCCC)COC(OCC[N+](C)(C)C)C(=O)[O-]. The van der Waals surface area contributed by atoms with Gasteiger partial charge in [-0.25, -0.2) is 0 Å². The summed E-state index contributed by atoms with van der Waals surface area (Å²) in [6.45, 7) is 4.63. The number of carbonyl (C=O) groups is 3. The van der Waals surface area contributed by atoms with Crippen LogP contribution in [0.4, 0.5) is 0 Å². The van der Waals surface area contributed by atoms with Crippen LogP contribution in [0.15, 0.2) is 72.9 Å². The number of hydrogen-bond donors (Lipinski definition) is 0. The summed E-state index contributed by atoms with van der Waals surface area (Å²) in [6, 6.07) is 0. The Balaban J connectivity index is 3.97. The predicted molar refractivity (Wildman–Crippen MR) is 343 cm³/mol. The molecule has 0 fully saturated rings. The van der Waals surface area contributed by atoms with Crippen molar-refractivity contribution in [1.29, 1.82) is 0 Å². The second kappa shape index (κ2) is 62.8. The van der Waals surface area contributed by atoms with Gasteiger partial charge < -0.3 is 33.3 Å². The fraction of sp³-hybridized carbons (Fsp3) is 0.792. The second-order valence-electron chi connectivity index (χ2n) is 24.1. The van der Waals surface area contributed by atoms with Crippen LogP contribution in [0.25, 0.3) is 0 Å². The molecule has 470 valence electrons. The summed E-state index contributed by atoms with van der Waals surface area (Å²) in [5.74, 6) is -2.28. The number of ether oxygens (including phenoxy) is 4. The second-order valence-corrected chi connectivity index (χ2v) is 24.1. The number of nitrogens with zero attached hydrogens (tertiary/aromatic N) is 1. The highest BCUT2D eigenvalue weighted by molar-refractivity contribution is 5.70. The van der Waals surface area contributed by atoms with Gasteiger partial charge in [0.1, 0.15) is 13.2 Å². The predicted octanol–water partition coefficient (Wildman–Crippen LogP) is 19.6. The molecule has 0 aliphatic rings. The van der Waals surface area contributed by atoms with Crippen LogP contribution in [0.5, 0.6) is 0 Å².